The first-order valence-corrected chi connectivity index (χ1v) is 9.39. The molecule has 0 spiro atoms. The van der Waals surface area contributed by atoms with Gasteiger partial charge in [0.15, 0.2) is 10.9 Å². The Morgan fingerprint density at radius 2 is 1.89 bits per heavy atom. The summed E-state index contributed by atoms with van der Waals surface area (Å²) >= 11 is 5.38. The van der Waals surface area contributed by atoms with E-state index in [4.69, 9.17) is 22.1 Å². The minimum atomic E-state index is -0.324. The molecule has 1 aliphatic carbocycles. The molecule has 138 valence electrons. The summed E-state index contributed by atoms with van der Waals surface area (Å²) in [7, 11) is 0. The van der Waals surface area contributed by atoms with E-state index in [0.29, 0.717) is 29.3 Å². The molecule has 0 bridgehead atoms. The third-order valence-electron chi connectivity index (χ3n) is 4.77. The van der Waals surface area contributed by atoms with Crippen molar-refractivity contribution in [3.63, 3.8) is 0 Å². The molecule has 0 aromatic heterocycles. The Hall–Kier alpha value is -2.70. The van der Waals surface area contributed by atoms with Gasteiger partial charge >= 0.3 is 0 Å². The number of carbonyl (C=O) groups is 1. The van der Waals surface area contributed by atoms with E-state index < -0.39 is 0 Å². The molecule has 3 N–H and O–H groups in total. The first kappa shape index (κ1) is 17.7. The number of nitrogens with one attached hydrogen (secondary N) is 2. The molecule has 0 saturated carbocycles. The lowest BCUT2D eigenvalue weighted by molar-refractivity contribution is 0.103. The zero-order valence-electron chi connectivity index (χ0n) is 14.7. The van der Waals surface area contributed by atoms with Gasteiger partial charge in [-0.05, 0) is 42.8 Å². The maximum atomic E-state index is 13.0. The summed E-state index contributed by atoms with van der Waals surface area (Å²) in [4.78, 5) is 13.0. The summed E-state index contributed by atoms with van der Waals surface area (Å²) in [5.74, 6) is 0.754. The van der Waals surface area contributed by atoms with Crippen LogP contribution in [0.25, 0.3) is 5.70 Å². The standard InChI is InChI=1S/C21H20N2O3S/c24-10-3-4-11-26-14-7-5-6-13(12-14)18-17-19(23-21(27)22-18)15-8-1-2-9-16(15)20(17)25/h1-2,5-9,12,18,24H,3-4,10-11H2,(H2,22,23,27). The number of carbonyl (C=O) groups excluding carboxylic acids is 1. The predicted molar refractivity (Wildman–Crippen MR) is 108 cm³/mol. The fraction of sp³-hybridized carbons (Fsp3) is 0.238. The summed E-state index contributed by atoms with van der Waals surface area (Å²) < 4.78 is 5.78. The first-order chi connectivity index (χ1) is 13.2. The average molecular weight is 380 g/mol. The first-order valence-electron chi connectivity index (χ1n) is 8.98. The third-order valence-corrected chi connectivity index (χ3v) is 4.99. The highest BCUT2D eigenvalue weighted by molar-refractivity contribution is 7.80. The Kier molecular flexibility index (Phi) is 4.92. The number of hydrogen-bond donors (Lipinski definition) is 3. The summed E-state index contributed by atoms with van der Waals surface area (Å²) in [6, 6.07) is 15.0. The lowest BCUT2D eigenvalue weighted by atomic mass is 9.94. The molecule has 0 amide bonds. The molecule has 0 fully saturated rings. The molecule has 0 radical (unpaired) electrons. The van der Waals surface area contributed by atoms with Gasteiger partial charge in [0.2, 0.25) is 0 Å². The van der Waals surface area contributed by atoms with Crippen molar-refractivity contribution in [3.8, 4) is 5.75 Å². The molecule has 2 aromatic rings. The van der Waals surface area contributed by atoms with Crippen molar-refractivity contribution in [1.82, 2.24) is 10.6 Å². The number of ether oxygens (including phenoxy) is 1. The van der Waals surface area contributed by atoms with Crippen molar-refractivity contribution in [2.45, 2.75) is 18.9 Å². The van der Waals surface area contributed by atoms with Crippen LogP contribution < -0.4 is 15.4 Å². The Labute approximate surface area is 163 Å². The number of rotatable bonds is 6. The number of hydrogen-bond acceptors (Lipinski definition) is 4. The number of fused-ring (bicyclic) bond motifs is 2. The SMILES string of the molecule is O=C1C2=C(NC(=S)NC2c2cccc(OCCCCO)c2)c2ccccc21. The van der Waals surface area contributed by atoms with Gasteiger partial charge in [-0.15, -0.1) is 0 Å². The maximum absolute atomic E-state index is 13.0. The number of benzene rings is 2. The van der Waals surface area contributed by atoms with Crippen LogP contribution in [-0.2, 0) is 0 Å². The molecular formula is C21H20N2O3S. The quantitative estimate of drug-likeness (QED) is 0.529. The van der Waals surface area contributed by atoms with Crippen molar-refractivity contribution in [2.24, 2.45) is 0 Å². The predicted octanol–water partition coefficient (Wildman–Crippen LogP) is 2.96. The van der Waals surface area contributed by atoms with Gasteiger partial charge in [-0.25, -0.2) is 0 Å². The van der Waals surface area contributed by atoms with Crippen LogP contribution in [0, 0.1) is 0 Å². The van der Waals surface area contributed by atoms with Crippen LogP contribution in [0.5, 0.6) is 5.75 Å². The van der Waals surface area contributed by atoms with Gasteiger partial charge < -0.3 is 20.5 Å². The van der Waals surface area contributed by atoms with Crippen LogP contribution in [0.1, 0.15) is 40.4 Å². The molecule has 1 atom stereocenters. The number of aliphatic hydroxyl groups excluding tert-OH is 1. The van der Waals surface area contributed by atoms with Crippen molar-refractivity contribution < 1.29 is 14.6 Å². The van der Waals surface area contributed by atoms with Gasteiger partial charge in [0.05, 0.1) is 23.9 Å². The molecule has 0 saturated heterocycles. The van der Waals surface area contributed by atoms with E-state index in [0.717, 1.165) is 29.0 Å². The van der Waals surface area contributed by atoms with Gasteiger partial charge in [0.1, 0.15) is 5.75 Å². The van der Waals surface area contributed by atoms with Crippen molar-refractivity contribution in [1.29, 1.82) is 0 Å². The molecule has 1 heterocycles. The highest BCUT2D eigenvalue weighted by Gasteiger charge is 2.38. The van der Waals surface area contributed by atoms with Crippen LogP contribution >= 0.6 is 12.2 Å². The lowest BCUT2D eigenvalue weighted by Gasteiger charge is -2.28. The van der Waals surface area contributed by atoms with Crippen LogP contribution in [0.4, 0.5) is 0 Å². The number of ketones is 1. The van der Waals surface area contributed by atoms with E-state index in [1.54, 1.807) is 0 Å². The monoisotopic (exact) mass is 380 g/mol. The number of Topliss-reactive ketones (excluding diaryl/α,β-unsaturated/α-hetero) is 1. The van der Waals surface area contributed by atoms with Crippen molar-refractivity contribution in [3.05, 3.63) is 70.8 Å². The van der Waals surface area contributed by atoms with E-state index in [1.807, 2.05) is 48.5 Å². The van der Waals surface area contributed by atoms with Gasteiger partial charge in [0, 0.05) is 17.7 Å². The Morgan fingerprint density at radius 1 is 1.07 bits per heavy atom. The van der Waals surface area contributed by atoms with Crippen molar-refractivity contribution in [2.75, 3.05) is 13.2 Å². The van der Waals surface area contributed by atoms with Crippen molar-refractivity contribution >= 4 is 28.8 Å². The largest absolute Gasteiger partial charge is 0.494 e. The molecule has 6 heteroatoms. The van der Waals surface area contributed by atoms with Crippen LogP contribution in [0.3, 0.4) is 0 Å². The normalized spacial score (nSPS) is 17.9. The Bertz CT molecular complexity index is 939. The third kappa shape index (κ3) is 3.34. The van der Waals surface area contributed by atoms with E-state index >= 15 is 0 Å². The topological polar surface area (TPSA) is 70.6 Å². The zero-order chi connectivity index (χ0) is 18.8. The Morgan fingerprint density at radius 3 is 2.70 bits per heavy atom. The zero-order valence-corrected chi connectivity index (χ0v) is 15.5. The second-order valence-corrected chi connectivity index (χ2v) is 6.95. The Balaban J connectivity index is 1.65. The molecule has 4 rings (SSSR count). The highest BCUT2D eigenvalue weighted by atomic mass is 32.1. The molecule has 2 aromatic carbocycles. The summed E-state index contributed by atoms with van der Waals surface area (Å²) in [5.41, 5.74) is 3.98. The highest BCUT2D eigenvalue weighted by Crippen LogP contribution is 2.40. The van der Waals surface area contributed by atoms with Crippen LogP contribution in [0.15, 0.2) is 54.1 Å². The molecule has 27 heavy (non-hydrogen) atoms. The van der Waals surface area contributed by atoms with Gasteiger partial charge in [-0.3, -0.25) is 4.79 Å². The summed E-state index contributed by atoms with van der Waals surface area (Å²) in [6.45, 7) is 0.708. The van der Waals surface area contributed by atoms with E-state index in [1.165, 1.54) is 0 Å². The summed E-state index contributed by atoms with van der Waals surface area (Å²) in [5, 5.41) is 15.7. The summed E-state index contributed by atoms with van der Waals surface area (Å²) in [6.07, 6.45) is 1.51. The van der Waals surface area contributed by atoms with E-state index in [2.05, 4.69) is 10.6 Å². The molecule has 2 aliphatic rings. The van der Waals surface area contributed by atoms with Crippen LogP contribution in [-0.4, -0.2) is 29.2 Å². The molecule has 1 aliphatic heterocycles. The minimum Gasteiger partial charge on any atom is -0.494 e. The second kappa shape index (κ2) is 7.50. The minimum absolute atomic E-state index is 0.0161. The maximum Gasteiger partial charge on any atom is 0.194 e. The van der Waals surface area contributed by atoms with E-state index in [-0.39, 0.29) is 18.4 Å². The fourth-order valence-electron chi connectivity index (χ4n) is 3.50. The number of aliphatic hydroxyl groups is 1. The average Bonchev–Trinajstić information content (AvgIpc) is 2.97. The molecule has 5 nitrogen and oxygen atoms in total. The molecule has 1 unspecified atom stereocenters. The number of unbranched alkanes of at least 4 members (excludes halogenated alkanes) is 1. The number of thiocarbonyl (C=S) groups is 1. The smallest absolute Gasteiger partial charge is 0.194 e. The van der Waals surface area contributed by atoms with Gasteiger partial charge in [0.25, 0.3) is 0 Å². The second-order valence-electron chi connectivity index (χ2n) is 6.55. The lowest BCUT2D eigenvalue weighted by Crippen LogP contribution is -2.43. The molecular weight excluding hydrogens is 360 g/mol. The fourth-order valence-corrected chi connectivity index (χ4v) is 3.72. The van der Waals surface area contributed by atoms with Gasteiger partial charge in [-0.1, -0.05) is 36.4 Å². The van der Waals surface area contributed by atoms with Gasteiger partial charge in [-0.2, -0.15) is 0 Å². The van der Waals surface area contributed by atoms with Crippen LogP contribution in [0.2, 0.25) is 0 Å². The van der Waals surface area contributed by atoms with E-state index in [9.17, 15) is 4.79 Å².